The van der Waals surface area contributed by atoms with E-state index in [-0.39, 0.29) is 0 Å². The molecule has 4 nitrogen and oxygen atoms in total. The average Bonchev–Trinajstić information content (AvgIpc) is 2.87. The highest BCUT2D eigenvalue weighted by molar-refractivity contribution is 8.01. The van der Waals surface area contributed by atoms with Gasteiger partial charge in [0.25, 0.3) is 0 Å². The second-order valence-corrected chi connectivity index (χ2v) is 5.45. The fourth-order valence-corrected chi connectivity index (χ4v) is 2.74. The maximum Gasteiger partial charge on any atom is 0.206 e. The van der Waals surface area contributed by atoms with Crippen molar-refractivity contribution in [3.05, 3.63) is 0 Å². The van der Waals surface area contributed by atoms with Crippen molar-refractivity contribution in [3.63, 3.8) is 0 Å². The quantitative estimate of drug-likeness (QED) is 0.598. The van der Waals surface area contributed by atoms with Crippen molar-refractivity contribution in [3.8, 4) is 0 Å². The standard InChI is InChI=1S/C8H13N3OS2/c1-12-4-5-13-8-11-10-7(14-8)9-6-2-3-6/h6H,2-5H2,1H3,(H,9,10). The van der Waals surface area contributed by atoms with Gasteiger partial charge in [0.05, 0.1) is 6.61 Å². The highest BCUT2D eigenvalue weighted by Gasteiger charge is 2.22. The molecule has 1 fully saturated rings. The SMILES string of the molecule is COCCSc1nnc(NC2CC2)s1. The zero-order valence-electron chi connectivity index (χ0n) is 8.02. The van der Waals surface area contributed by atoms with Gasteiger partial charge in [0.15, 0.2) is 4.34 Å². The number of nitrogens with zero attached hydrogens (tertiary/aromatic N) is 2. The number of hydrogen-bond acceptors (Lipinski definition) is 6. The van der Waals surface area contributed by atoms with E-state index >= 15 is 0 Å². The molecule has 1 aliphatic carbocycles. The zero-order chi connectivity index (χ0) is 9.80. The monoisotopic (exact) mass is 231 g/mol. The summed E-state index contributed by atoms with van der Waals surface area (Å²) in [5, 5.41) is 12.4. The Bertz CT molecular complexity index is 288. The molecule has 14 heavy (non-hydrogen) atoms. The predicted molar refractivity (Wildman–Crippen MR) is 59.2 cm³/mol. The van der Waals surface area contributed by atoms with E-state index in [4.69, 9.17) is 4.74 Å². The molecule has 0 amide bonds. The molecule has 0 radical (unpaired) electrons. The minimum absolute atomic E-state index is 0.653. The van der Waals surface area contributed by atoms with E-state index in [2.05, 4.69) is 15.5 Å². The van der Waals surface area contributed by atoms with Gasteiger partial charge in [-0.2, -0.15) is 0 Å². The van der Waals surface area contributed by atoms with Crippen LogP contribution in [-0.4, -0.2) is 35.7 Å². The molecule has 0 aromatic carbocycles. The first kappa shape index (κ1) is 10.2. The molecule has 1 saturated carbocycles. The topological polar surface area (TPSA) is 47.0 Å². The first-order valence-electron chi connectivity index (χ1n) is 4.60. The van der Waals surface area contributed by atoms with Crippen molar-refractivity contribution < 1.29 is 4.74 Å². The van der Waals surface area contributed by atoms with E-state index in [1.807, 2.05) is 0 Å². The van der Waals surface area contributed by atoms with Gasteiger partial charge in [0.1, 0.15) is 0 Å². The Morgan fingerprint density at radius 2 is 2.43 bits per heavy atom. The zero-order valence-corrected chi connectivity index (χ0v) is 9.66. The maximum atomic E-state index is 4.96. The van der Waals surface area contributed by atoms with Crippen LogP contribution < -0.4 is 5.32 Å². The van der Waals surface area contributed by atoms with Gasteiger partial charge in [-0.15, -0.1) is 10.2 Å². The first-order valence-corrected chi connectivity index (χ1v) is 6.40. The van der Waals surface area contributed by atoms with Crippen LogP contribution in [0.25, 0.3) is 0 Å². The van der Waals surface area contributed by atoms with E-state index in [0.29, 0.717) is 6.04 Å². The summed E-state index contributed by atoms with van der Waals surface area (Å²) in [6, 6.07) is 0.653. The Labute approximate surface area is 91.4 Å². The normalized spacial score (nSPS) is 15.8. The Balaban J connectivity index is 1.76. The number of nitrogens with one attached hydrogen (secondary N) is 1. The van der Waals surface area contributed by atoms with Gasteiger partial charge < -0.3 is 10.1 Å². The van der Waals surface area contributed by atoms with Crippen molar-refractivity contribution in [1.82, 2.24) is 10.2 Å². The molecule has 78 valence electrons. The summed E-state index contributed by atoms with van der Waals surface area (Å²) in [6.07, 6.45) is 2.54. The lowest BCUT2D eigenvalue weighted by Gasteiger charge is -1.95. The summed E-state index contributed by atoms with van der Waals surface area (Å²) in [5.74, 6) is 0.939. The van der Waals surface area contributed by atoms with Crippen molar-refractivity contribution in [1.29, 1.82) is 0 Å². The Morgan fingerprint density at radius 1 is 1.57 bits per heavy atom. The van der Waals surface area contributed by atoms with Crippen LogP contribution in [0.2, 0.25) is 0 Å². The van der Waals surface area contributed by atoms with Gasteiger partial charge >= 0.3 is 0 Å². The fraction of sp³-hybridized carbons (Fsp3) is 0.750. The molecule has 2 rings (SSSR count). The van der Waals surface area contributed by atoms with Gasteiger partial charge in [-0.1, -0.05) is 23.1 Å². The lowest BCUT2D eigenvalue weighted by molar-refractivity contribution is 0.218. The second-order valence-electron chi connectivity index (χ2n) is 3.13. The Kier molecular flexibility index (Phi) is 3.61. The Hall–Kier alpha value is -0.330. The van der Waals surface area contributed by atoms with E-state index < -0.39 is 0 Å². The van der Waals surface area contributed by atoms with Crippen LogP contribution in [0.1, 0.15) is 12.8 Å². The summed E-state index contributed by atoms with van der Waals surface area (Å²) in [5.41, 5.74) is 0. The molecular formula is C8H13N3OS2. The van der Waals surface area contributed by atoms with E-state index in [0.717, 1.165) is 21.8 Å². The minimum Gasteiger partial charge on any atom is -0.384 e. The third kappa shape index (κ3) is 3.11. The maximum absolute atomic E-state index is 4.96. The molecular weight excluding hydrogens is 218 g/mol. The van der Waals surface area contributed by atoms with Crippen LogP contribution in [0.5, 0.6) is 0 Å². The van der Waals surface area contributed by atoms with Crippen LogP contribution in [0.4, 0.5) is 5.13 Å². The molecule has 1 N–H and O–H groups in total. The van der Waals surface area contributed by atoms with Gasteiger partial charge in [-0.05, 0) is 12.8 Å². The molecule has 1 aliphatic rings. The molecule has 0 spiro atoms. The first-order chi connectivity index (χ1) is 6.88. The number of thioether (sulfide) groups is 1. The fourth-order valence-electron chi connectivity index (χ4n) is 0.941. The number of hydrogen-bond donors (Lipinski definition) is 1. The summed E-state index contributed by atoms with van der Waals surface area (Å²) in [6.45, 7) is 0.760. The van der Waals surface area contributed by atoms with Gasteiger partial charge in [-0.25, -0.2) is 0 Å². The van der Waals surface area contributed by atoms with Crippen LogP contribution >= 0.6 is 23.1 Å². The lowest BCUT2D eigenvalue weighted by Crippen LogP contribution is -1.99. The van der Waals surface area contributed by atoms with Gasteiger partial charge in [0, 0.05) is 18.9 Å². The highest BCUT2D eigenvalue weighted by atomic mass is 32.2. The molecule has 1 aromatic heterocycles. The molecule has 6 heteroatoms. The van der Waals surface area contributed by atoms with E-state index in [1.165, 1.54) is 12.8 Å². The van der Waals surface area contributed by atoms with Crippen molar-refractivity contribution in [2.24, 2.45) is 0 Å². The highest BCUT2D eigenvalue weighted by Crippen LogP contribution is 2.29. The van der Waals surface area contributed by atoms with Gasteiger partial charge in [-0.3, -0.25) is 0 Å². The number of rotatable bonds is 6. The number of methoxy groups -OCH3 is 1. The average molecular weight is 231 g/mol. The third-order valence-corrected chi connectivity index (χ3v) is 3.78. The molecule has 0 saturated heterocycles. The van der Waals surface area contributed by atoms with Crippen LogP contribution in [0, 0.1) is 0 Å². The lowest BCUT2D eigenvalue weighted by atomic mass is 10.7. The molecule has 0 bridgehead atoms. The van der Waals surface area contributed by atoms with E-state index in [9.17, 15) is 0 Å². The van der Waals surface area contributed by atoms with E-state index in [1.54, 1.807) is 30.2 Å². The summed E-state index contributed by atoms with van der Waals surface area (Å²) in [4.78, 5) is 0. The predicted octanol–water partition coefficient (Wildman–Crippen LogP) is 1.85. The summed E-state index contributed by atoms with van der Waals surface area (Å²) < 4.78 is 5.98. The molecule has 0 aliphatic heterocycles. The third-order valence-electron chi connectivity index (χ3n) is 1.82. The van der Waals surface area contributed by atoms with Crippen molar-refractivity contribution in [2.75, 3.05) is 24.8 Å². The summed E-state index contributed by atoms with van der Waals surface area (Å²) in [7, 11) is 1.71. The molecule has 1 aromatic rings. The molecule has 0 atom stereocenters. The molecule has 0 unspecified atom stereocenters. The van der Waals surface area contributed by atoms with Crippen LogP contribution in [-0.2, 0) is 4.74 Å². The van der Waals surface area contributed by atoms with Crippen molar-refractivity contribution >= 4 is 28.2 Å². The number of ether oxygens (including phenoxy) is 1. The minimum atomic E-state index is 0.653. The van der Waals surface area contributed by atoms with Gasteiger partial charge in [0.2, 0.25) is 5.13 Å². The number of aromatic nitrogens is 2. The Morgan fingerprint density at radius 3 is 3.14 bits per heavy atom. The number of anilines is 1. The second kappa shape index (κ2) is 4.95. The van der Waals surface area contributed by atoms with Crippen molar-refractivity contribution in [2.45, 2.75) is 23.2 Å². The largest absolute Gasteiger partial charge is 0.384 e. The summed E-state index contributed by atoms with van der Waals surface area (Å²) >= 11 is 3.32. The van der Waals surface area contributed by atoms with Crippen LogP contribution in [0.15, 0.2) is 4.34 Å². The molecule has 1 heterocycles. The smallest absolute Gasteiger partial charge is 0.206 e. The van der Waals surface area contributed by atoms with Crippen LogP contribution in [0.3, 0.4) is 0 Å².